The number of ether oxygens (including phenoxy) is 1. The Kier molecular flexibility index (Phi) is 5.78. The van der Waals surface area contributed by atoms with E-state index in [1.54, 1.807) is 6.33 Å². The lowest BCUT2D eigenvalue weighted by Gasteiger charge is -2.33. The second-order valence-corrected chi connectivity index (χ2v) is 7.19. The smallest absolute Gasteiger partial charge is 0.218 e. The van der Waals surface area contributed by atoms with Gasteiger partial charge in [-0.25, -0.2) is 9.97 Å². The minimum absolute atomic E-state index is 0.0205. The van der Waals surface area contributed by atoms with E-state index in [1.165, 1.54) is 0 Å². The van der Waals surface area contributed by atoms with E-state index in [1.807, 2.05) is 6.07 Å². The van der Waals surface area contributed by atoms with Gasteiger partial charge in [-0.05, 0) is 32.1 Å². The van der Waals surface area contributed by atoms with E-state index >= 15 is 0 Å². The zero-order valence-electron chi connectivity index (χ0n) is 13.8. The molecule has 1 aromatic heterocycles. The van der Waals surface area contributed by atoms with Crippen molar-refractivity contribution in [3.63, 3.8) is 0 Å². The summed E-state index contributed by atoms with van der Waals surface area (Å²) in [4.78, 5) is 8.42. The normalized spacial score (nSPS) is 12.3. The van der Waals surface area contributed by atoms with Gasteiger partial charge in [0.25, 0.3) is 0 Å². The Labute approximate surface area is 123 Å². The van der Waals surface area contributed by atoms with E-state index in [-0.39, 0.29) is 11.0 Å². The lowest BCUT2D eigenvalue weighted by atomic mass is 9.82. The fourth-order valence-electron chi connectivity index (χ4n) is 2.52. The zero-order valence-corrected chi connectivity index (χ0v) is 13.8. The Hall–Kier alpha value is -1.32. The molecular weight excluding hydrogens is 250 g/mol. The van der Waals surface area contributed by atoms with Gasteiger partial charge in [0.2, 0.25) is 5.88 Å². The molecule has 20 heavy (non-hydrogen) atoms. The molecule has 0 spiro atoms. The van der Waals surface area contributed by atoms with Crippen molar-refractivity contribution in [2.75, 3.05) is 11.9 Å². The molecule has 0 aliphatic heterocycles. The molecule has 114 valence electrons. The molecule has 0 saturated carbocycles. The van der Waals surface area contributed by atoms with Crippen LogP contribution in [0, 0.1) is 5.41 Å². The summed E-state index contributed by atoms with van der Waals surface area (Å²) in [5.74, 6) is 1.46. The maximum atomic E-state index is 5.61. The number of nitrogens with one attached hydrogen (secondary N) is 1. The Bertz CT molecular complexity index is 410. The SMILES string of the molecule is CCCCOc1cc(NC(C)(C)CC(C)(C)C)ncn1. The second-order valence-electron chi connectivity index (χ2n) is 7.19. The summed E-state index contributed by atoms with van der Waals surface area (Å²) < 4.78 is 5.61. The third kappa shape index (κ3) is 6.73. The highest BCUT2D eigenvalue weighted by molar-refractivity contribution is 5.39. The minimum Gasteiger partial charge on any atom is -0.478 e. The maximum absolute atomic E-state index is 5.61. The van der Waals surface area contributed by atoms with E-state index in [0.29, 0.717) is 12.5 Å². The molecule has 0 amide bonds. The monoisotopic (exact) mass is 279 g/mol. The Morgan fingerprint density at radius 1 is 1.15 bits per heavy atom. The number of anilines is 1. The number of hydrogen-bond acceptors (Lipinski definition) is 4. The van der Waals surface area contributed by atoms with Crippen molar-refractivity contribution < 1.29 is 4.74 Å². The first-order chi connectivity index (χ1) is 9.22. The van der Waals surface area contributed by atoms with Gasteiger partial charge in [-0.2, -0.15) is 0 Å². The highest BCUT2D eigenvalue weighted by Gasteiger charge is 2.25. The molecule has 4 nitrogen and oxygen atoms in total. The molecule has 0 bridgehead atoms. The largest absolute Gasteiger partial charge is 0.478 e. The van der Waals surface area contributed by atoms with E-state index in [9.17, 15) is 0 Å². The van der Waals surface area contributed by atoms with Crippen molar-refractivity contribution in [3.8, 4) is 5.88 Å². The van der Waals surface area contributed by atoms with E-state index in [0.717, 1.165) is 25.1 Å². The predicted molar refractivity (Wildman–Crippen MR) is 84.2 cm³/mol. The van der Waals surface area contributed by atoms with Gasteiger partial charge in [0.15, 0.2) is 0 Å². The molecule has 0 fully saturated rings. The van der Waals surface area contributed by atoms with Gasteiger partial charge >= 0.3 is 0 Å². The number of hydrogen-bond donors (Lipinski definition) is 1. The van der Waals surface area contributed by atoms with Crippen LogP contribution in [0.25, 0.3) is 0 Å². The molecule has 1 N–H and O–H groups in total. The van der Waals surface area contributed by atoms with Crippen LogP contribution in [-0.4, -0.2) is 22.1 Å². The number of unbranched alkanes of at least 4 members (excludes halogenated alkanes) is 1. The van der Waals surface area contributed by atoms with Gasteiger partial charge in [0.1, 0.15) is 12.1 Å². The third-order valence-electron chi connectivity index (χ3n) is 2.83. The summed E-state index contributed by atoms with van der Waals surface area (Å²) in [7, 11) is 0. The number of aromatic nitrogens is 2. The van der Waals surface area contributed by atoms with Crippen molar-refractivity contribution in [1.82, 2.24) is 9.97 Å². The summed E-state index contributed by atoms with van der Waals surface area (Å²) in [5, 5.41) is 3.47. The number of nitrogens with zero attached hydrogens (tertiary/aromatic N) is 2. The Morgan fingerprint density at radius 3 is 2.45 bits per heavy atom. The molecule has 1 rings (SSSR count). The van der Waals surface area contributed by atoms with Crippen molar-refractivity contribution in [3.05, 3.63) is 12.4 Å². The van der Waals surface area contributed by atoms with Crippen LogP contribution in [-0.2, 0) is 0 Å². The summed E-state index contributed by atoms with van der Waals surface area (Å²) >= 11 is 0. The van der Waals surface area contributed by atoms with Crippen LogP contribution in [0.15, 0.2) is 12.4 Å². The van der Waals surface area contributed by atoms with Crippen LogP contribution in [0.5, 0.6) is 5.88 Å². The molecule has 0 unspecified atom stereocenters. The first kappa shape index (κ1) is 16.7. The quantitative estimate of drug-likeness (QED) is 0.757. The number of rotatable bonds is 7. The average Bonchev–Trinajstić information content (AvgIpc) is 2.25. The molecule has 0 radical (unpaired) electrons. The standard InChI is InChI=1S/C16H29N3O/c1-7-8-9-20-14-10-13(17-12-18-14)19-16(5,6)11-15(2,3)4/h10,12H,7-9,11H2,1-6H3,(H,17,18,19). The summed E-state index contributed by atoms with van der Waals surface area (Å²) in [6.07, 6.45) is 4.77. The van der Waals surface area contributed by atoms with Gasteiger partial charge in [-0.3, -0.25) is 0 Å². The van der Waals surface area contributed by atoms with Gasteiger partial charge in [0.05, 0.1) is 6.61 Å². The summed E-state index contributed by atoms with van der Waals surface area (Å²) in [6.45, 7) is 14.0. The van der Waals surface area contributed by atoms with Gasteiger partial charge in [0, 0.05) is 11.6 Å². The van der Waals surface area contributed by atoms with Crippen LogP contribution in [0.1, 0.15) is 60.8 Å². The molecule has 4 heteroatoms. The molecule has 0 saturated heterocycles. The highest BCUT2D eigenvalue weighted by Crippen LogP contribution is 2.29. The molecule has 1 aromatic rings. The van der Waals surface area contributed by atoms with Crippen LogP contribution in [0.3, 0.4) is 0 Å². The topological polar surface area (TPSA) is 47.0 Å². The molecule has 1 heterocycles. The molecule has 0 atom stereocenters. The highest BCUT2D eigenvalue weighted by atomic mass is 16.5. The van der Waals surface area contributed by atoms with Crippen LogP contribution in [0.2, 0.25) is 0 Å². The van der Waals surface area contributed by atoms with Crippen LogP contribution < -0.4 is 10.1 Å². The zero-order chi connectivity index (χ0) is 15.2. The van der Waals surface area contributed by atoms with Gasteiger partial charge in [-0.15, -0.1) is 0 Å². The van der Waals surface area contributed by atoms with Crippen molar-refractivity contribution in [1.29, 1.82) is 0 Å². The average molecular weight is 279 g/mol. The third-order valence-corrected chi connectivity index (χ3v) is 2.83. The molecular formula is C16H29N3O. The second kappa shape index (κ2) is 6.91. The van der Waals surface area contributed by atoms with Crippen molar-refractivity contribution >= 4 is 5.82 Å². The van der Waals surface area contributed by atoms with E-state index in [4.69, 9.17) is 4.74 Å². The van der Waals surface area contributed by atoms with Crippen LogP contribution >= 0.6 is 0 Å². The maximum Gasteiger partial charge on any atom is 0.218 e. The lowest BCUT2D eigenvalue weighted by Crippen LogP contribution is -2.35. The molecule has 0 aliphatic rings. The Morgan fingerprint density at radius 2 is 1.85 bits per heavy atom. The molecule has 0 aromatic carbocycles. The van der Waals surface area contributed by atoms with E-state index in [2.05, 4.69) is 56.8 Å². The fraction of sp³-hybridized carbons (Fsp3) is 0.750. The van der Waals surface area contributed by atoms with Crippen LogP contribution in [0.4, 0.5) is 5.82 Å². The fourth-order valence-corrected chi connectivity index (χ4v) is 2.52. The Balaban J connectivity index is 2.65. The summed E-state index contributed by atoms with van der Waals surface area (Å²) in [6, 6.07) is 1.88. The van der Waals surface area contributed by atoms with Crippen molar-refractivity contribution in [2.24, 2.45) is 5.41 Å². The van der Waals surface area contributed by atoms with Crippen molar-refractivity contribution in [2.45, 2.75) is 66.3 Å². The molecule has 0 aliphatic carbocycles. The van der Waals surface area contributed by atoms with Gasteiger partial charge in [-0.1, -0.05) is 34.1 Å². The lowest BCUT2D eigenvalue weighted by molar-refractivity contribution is 0.295. The minimum atomic E-state index is -0.0205. The first-order valence-electron chi connectivity index (χ1n) is 7.45. The summed E-state index contributed by atoms with van der Waals surface area (Å²) in [5.41, 5.74) is 0.247. The first-order valence-corrected chi connectivity index (χ1v) is 7.45. The predicted octanol–water partition coefficient (Wildman–Crippen LogP) is 4.28. The van der Waals surface area contributed by atoms with Gasteiger partial charge < -0.3 is 10.1 Å². The van der Waals surface area contributed by atoms with E-state index < -0.39 is 0 Å².